The minimum atomic E-state index is -0.552. The number of ether oxygens (including phenoxy) is 1. The van der Waals surface area contributed by atoms with Crippen LogP contribution < -0.4 is 10.1 Å². The lowest BCUT2D eigenvalue weighted by Gasteiger charge is -2.17. The molecule has 7 nitrogen and oxygen atoms in total. The summed E-state index contributed by atoms with van der Waals surface area (Å²) >= 11 is 2.44. The van der Waals surface area contributed by atoms with Crippen LogP contribution in [0.1, 0.15) is 12.0 Å². The second-order valence-electron chi connectivity index (χ2n) is 6.14. The van der Waals surface area contributed by atoms with Crippen molar-refractivity contribution in [3.05, 3.63) is 34.7 Å². The van der Waals surface area contributed by atoms with Gasteiger partial charge in [-0.05, 0) is 35.5 Å². The number of thioether (sulfide) groups is 2. The number of nitrogens with zero attached hydrogens (tertiary/aromatic N) is 1. The zero-order valence-electron chi connectivity index (χ0n) is 14.7. The Morgan fingerprint density at radius 2 is 2.07 bits per heavy atom. The molecule has 144 valence electrons. The third-order valence-corrected chi connectivity index (χ3v) is 6.33. The molecule has 0 radical (unpaired) electrons. The Hall–Kier alpha value is -1.97. The number of carbonyl (C=O) groups excluding carboxylic acids is 3. The Labute approximate surface area is 165 Å². The fourth-order valence-corrected chi connectivity index (χ4v) is 4.75. The number of imide groups is 1. The minimum absolute atomic E-state index is 0.0156. The predicted octanol–water partition coefficient (Wildman–Crippen LogP) is 1.71. The van der Waals surface area contributed by atoms with Gasteiger partial charge in [0.1, 0.15) is 5.75 Å². The van der Waals surface area contributed by atoms with E-state index in [1.165, 1.54) is 0 Å². The first-order valence-corrected chi connectivity index (χ1v) is 10.4. The normalized spacial score (nSPS) is 23.9. The maximum absolute atomic E-state index is 12.5. The van der Waals surface area contributed by atoms with Crippen molar-refractivity contribution in [1.29, 1.82) is 0 Å². The van der Waals surface area contributed by atoms with Crippen LogP contribution in [-0.4, -0.2) is 64.4 Å². The van der Waals surface area contributed by atoms with E-state index in [1.807, 2.05) is 0 Å². The van der Waals surface area contributed by atoms with Crippen LogP contribution in [0.15, 0.2) is 29.2 Å². The van der Waals surface area contributed by atoms with E-state index in [-0.39, 0.29) is 30.2 Å². The molecule has 3 rings (SSSR count). The van der Waals surface area contributed by atoms with Gasteiger partial charge in [-0.1, -0.05) is 12.1 Å². The number of aliphatic hydroxyl groups is 1. The highest BCUT2D eigenvalue weighted by atomic mass is 32.2. The van der Waals surface area contributed by atoms with Crippen molar-refractivity contribution in [2.24, 2.45) is 0 Å². The third kappa shape index (κ3) is 4.85. The number of rotatable bonds is 6. The van der Waals surface area contributed by atoms with Gasteiger partial charge in [0.2, 0.25) is 5.91 Å². The van der Waals surface area contributed by atoms with Gasteiger partial charge in [-0.3, -0.25) is 19.3 Å². The van der Waals surface area contributed by atoms with E-state index >= 15 is 0 Å². The smallest absolute Gasteiger partial charge is 0.293 e. The molecule has 0 unspecified atom stereocenters. The first-order chi connectivity index (χ1) is 13.0. The molecule has 2 atom stereocenters. The van der Waals surface area contributed by atoms with Gasteiger partial charge in [-0.2, -0.15) is 11.8 Å². The zero-order valence-corrected chi connectivity index (χ0v) is 16.3. The molecule has 9 heteroatoms. The molecule has 2 heterocycles. The molecule has 1 aromatic carbocycles. The van der Waals surface area contributed by atoms with Crippen LogP contribution in [0.4, 0.5) is 4.79 Å². The zero-order chi connectivity index (χ0) is 19.4. The van der Waals surface area contributed by atoms with E-state index in [1.54, 1.807) is 49.2 Å². The molecule has 27 heavy (non-hydrogen) atoms. The van der Waals surface area contributed by atoms with Crippen LogP contribution in [0.5, 0.6) is 5.75 Å². The number of hydrogen-bond donors (Lipinski definition) is 2. The molecule has 2 N–H and O–H groups in total. The van der Waals surface area contributed by atoms with Crippen LogP contribution in [0, 0.1) is 0 Å². The van der Waals surface area contributed by atoms with Gasteiger partial charge in [0.05, 0.1) is 24.2 Å². The monoisotopic (exact) mass is 408 g/mol. The Morgan fingerprint density at radius 3 is 2.70 bits per heavy atom. The second kappa shape index (κ2) is 8.81. The van der Waals surface area contributed by atoms with Gasteiger partial charge in [-0.15, -0.1) is 0 Å². The highest BCUT2D eigenvalue weighted by molar-refractivity contribution is 8.18. The van der Waals surface area contributed by atoms with E-state index in [0.29, 0.717) is 22.2 Å². The fourth-order valence-electron chi connectivity index (χ4n) is 2.72. The summed E-state index contributed by atoms with van der Waals surface area (Å²) in [5.74, 6) is 1.30. The largest absolute Gasteiger partial charge is 0.497 e. The number of carbonyl (C=O) groups is 3. The number of benzene rings is 1. The van der Waals surface area contributed by atoms with Gasteiger partial charge in [-0.25, -0.2) is 0 Å². The van der Waals surface area contributed by atoms with Crippen molar-refractivity contribution >= 4 is 46.7 Å². The maximum Gasteiger partial charge on any atom is 0.293 e. The van der Waals surface area contributed by atoms with E-state index in [0.717, 1.165) is 22.2 Å². The summed E-state index contributed by atoms with van der Waals surface area (Å²) in [6, 6.07) is 6.87. The van der Waals surface area contributed by atoms with Crippen molar-refractivity contribution in [2.75, 3.05) is 25.2 Å². The first-order valence-electron chi connectivity index (χ1n) is 8.42. The molecule has 0 bridgehead atoms. The Balaban J connectivity index is 1.57. The molecular formula is C18H20N2O5S2. The highest BCUT2D eigenvalue weighted by Crippen LogP contribution is 2.32. The van der Waals surface area contributed by atoms with E-state index in [4.69, 9.17) is 4.74 Å². The standard InChI is InChI=1S/C18H20N2O5S2/c1-25-12-4-2-11(3-5-12)8-15-17(23)20(18(24)27-15)7-6-16(22)19-13-9-26-10-14(13)21/h2-5,8,13-14,21H,6-7,9-10H2,1H3,(H,19,22)/b15-8-/t13-,14+/m0/s1. The summed E-state index contributed by atoms with van der Waals surface area (Å²) in [5.41, 5.74) is 0.784. The maximum atomic E-state index is 12.5. The Kier molecular flexibility index (Phi) is 6.46. The Bertz CT molecular complexity index is 766. The number of nitrogens with one attached hydrogen (secondary N) is 1. The number of hydrogen-bond acceptors (Lipinski definition) is 7. The van der Waals surface area contributed by atoms with Crippen LogP contribution >= 0.6 is 23.5 Å². The molecule has 2 aliphatic heterocycles. The summed E-state index contributed by atoms with van der Waals surface area (Å²) in [6.07, 6.45) is 1.11. The summed E-state index contributed by atoms with van der Waals surface area (Å²) in [4.78, 5) is 38.0. The summed E-state index contributed by atoms with van der Waals surface area (Å²) in [5, 5.41) is 12.1. The number of aliphatic hydroxyl groups excluding tert-OH is 1. The van der Waals surface area contributed by atoms with E-state index in [9.17, 15) is 19.5 Å². The summed E-state index contributed by atoms with van der Waals surface area (Å²) in [6.45, 7) is 0.0202. The lowest BCUT2D eigenvalue weighted by molar-refractivity contribution is -0.124. The average Bonchev–Trinajstić information content (AvgIpc) is 3.17. The molecule has 0 saturated carbocycles. The van der Waals surface area contributed by atoms with Gasteiger partial charge in [0, 0.05) is 24.5 Å². The summed E-state index contributed by atoms with van der Waals surface area (Å²) in [7, 11) is 1.57. The Morgan fingerprint density at radius 1 is 1.33 bits per heavy atom. The average molecular weight is 409 g/mol. The van der Waals surface area contributed by atoms with Gasteiger partial charge in [0.15, 0.2) is 0 Å². The van der Waals surface area contributed by atoms with Crippen LogP contribution in [0.2, 0.25) is 0 Å². The van der Waals surface area contributed by atoms with Crippen molar-refractivity contribution in [3.8, 4) is 5.75 Å². The SMILES string of the molecule is COc1ccc(/C=C2\SC(=O)N(CCC(=O)N[C@H]3CSC[C@H]3O)C2=O)cc1. The van der Waals surface area contributed by atoms with Crippen LogP contribution in [-0.2, 0) is 9.59 Å². The molecule has 2 saturated heterocycles. The molecule has 0 aromatic heterocycles. The van der Waals surface area contributed by atoms with Gasteiger partial charge >= 0.3 is 0 Å². The lowest BCUT2D eigenvalue weighted by atomic mass is 10.2. The first kappa shape index (κ1) is 19.8. The van der Waals surface area contributed by atoms with E-state index in [2.05, 4.69) is 5.32 Å². The fraction of sp³-hybridized carbons (Fsp3) is 0.389. The molecule has 0 aliphatic carbocycles. The van der Waals surface area contributed by atoms with Crippen molar-refractivity contribution in [1.82, 2.24) is 10.2 Å². The lowest BCUT2D eigenvalue weighted by Crippen LogP contribution is -2.43. The minimum Gasteiger partial charge on any atom is -0.497 e. The van der Waals surface area contributed by atoms with Gasteiger partial charge in [0.25, 0.3) is 11.1 Å². The van der Waals surface area contributed by atoms with Crippen molar-refractivity contribution in [2.45, 2.75) is 18.6 Å². The number of methoxy groups -OCH3 is 1. The molecule has 1 aromatic rings. The van der Waals surface area contributed by atoms with Crippen molar-refractivity contribution < 1.29 is 24.2 Å². The van der Waals surface area contributed by atoms with Crippen molar-refractivity contribution in [3.63, 3.8) is 0 Å². The third-order valence-electron chi connectivity index (χ3n) is 4.25. The van der Waals surface area contributed by atoms with Crippen LogP contribution in [0.3, 0.4) is 0 Å². The molecule has 2 aliphatic rings. The topological polar surface area (TPSA) is 95.9 Å². The van der Waals surface area contributed by atoms with E-state index < -0.39 is 12.0 Å². The van der Waals surface area contributed by atoms with Crippen LogP contribution in [0.25, 0.3) is 6.08 Å². The number of amides is 3. The predicted molar refractivity (Wildman–Crippen MR) is 106 cm³/mol. The second-order valence-corrected chi connectivity index (χ2v) is 8.20. The molecular weight excluding hydrogens is 388 g/mol. The highest BCUT2D eigenvalue weighted by Gasteiger charge is 2.35. The van der Waals surface area contributed by atoms with Gasteiger partial charge < -0.3 is 15.2 Å². The molecule has 2 fully saturated rings. The molecule has 0 spiro atoms. The quantitative estimate of drug-likeness (QED) is 0.692. The molecule has 3 amide bonds. The summed E-state index contributed by atoms with van der Waals surface area (Å²) < 4.78 is 5.09.